The molecule has 6 bridgehead atoms. The Bertz CT molecular complexity index is 6730. The molecule has 8 aliphatic heterocycles. The minimum absolute atomic E-state index is 0.110. The molecule has 0 radical (unpaired) electrons. The number of benzene rings is 10. The third-order valence-corrected chi connectivity index (χ3v) is 20.7. The van der Waals surface area contributed by atoms with Crippen LogP contribution in [0.1, 0.15) is 104 Å². The van der Waals surface area contributed by atoms with Gasteiger partial charge in [0.05, 0.1) is 44.5 Å². The van der Waals surface area contributed by atoms with Crippen LogP contribution in [0, 0.1) is 0 Å². The number of carbonyl (C=O) groups is 10. The van der Waals surface area contributed by atoms with Gasteiger partial charge in [0.25, 0.3) is 0 Å². The number of aromatic hydroxyl groups is 28. The fraction of sp³-hybridized carbons (Fsp3) is 0.146. The standard InChI is InChI=1S/C82H56O52/c83-27-1-17(2-28(84)48(27)97)71(111)129-67-65-41(15-121-75(115)21-9-31(87)50(99)56(105)43(21)45-23(77(117)127-65)11-33(89)52(101)58(45)107)124-81-69(67)131-79(119)25-14-40(55(104)60(109)47(25)96)123-63-36(92)5-19(6-37(63)93)73(113)134-82-70(132-80(120)26-13-35(91)54(103)61(110)62(26)126-64-38(94)7-20(8-39(64)95)74(114)133-81)68(130-72(112)18-3-29(85)49(98)30(86)4-18)66-42(125-82)16-122-76(116)22-10-32(88)51(100)57(106)44(22)46-24(78(118)128-66)12-34(90)53(102)59(46)108/h1-14,41-42,65-70,81-110H,15-16H2. The van der Waals surface area contributed by atoms with Gasteiger partial charge in [-0.05, 0) is 72.8 Å². The maximum atomic E-state index is 15.5. The van der Waals surface area contributed by atoms with Crippen molar-refractivity contribution < 1.29 is 257 Å². The van der Waals surface area contributed by atoms with E-state index in [1.54, 1.807) is 0 Å². The molecule has 10 unspecified atom stereocenters. The predicted molar refractivity (Wildman–Crippen MR) is 413 cm³/mol. The third kappa shape index (κ3) is 15.4. The van der Waals surface area contributed by atoms with Gasteiger partial charge in [0, 0.05) is 34.4 Å². The Morgan fingerprint density at radius 1 is 0.246 bits per heavy atom. The van der Waals surface area contributed by atoms with Crippen molar-refractivity contribution in [3.05, 3.63) is 141 Å². The monoisotopic (exact) mass is 1870 g/mol. The molecule has 696 valence electrons. The Morgan fingerprint density at radius 3 is 0.888 bits per heavy atom. The summed E-state index contributed by atoms with van der Waals surface area (Å²) in [5.41, 5.74) is -17.9. The summed E-state index contributed by atoms with van der Waals surface area (Å²) in [6, 6.07) is 3.83. The van der Waals surface area contributed by atoms with Crippen LogP contribution in [0.2, 0.25) is 0 Å². The van der Waals surface area contributed by atoms with Crippen molar-refractivity contribution in [1.82, 2.24) is 0 Å². The molecule has 0 aliphatic carbocycles. The van der Waals surface area contributed by atoms with Crippen LogP contribution in [0.25, 0.3) is 22.3 Å². The summed E-state index contributed by atoms with van der Waals surface area (Å²) in [6.45, 7) is -3.15. The van der Waals surface area contributed by atoms with E-state index in [2.05, 4.69) is 0 Å². The van der Waals surface area contributed by atoms with Crippen LogP contribution in [0.4, 0.5) is 0 Å². The van der Waals surface area contributed by atoms with E-state index in [-0.39, 0.29) is 48.5 Å². The smallest absolute Gasteiger partial charge is 0.342 e. The Morgan fingerprint density at radius 2 is 0.537 bits per heavy atom. The minimum Gasteiger partial charge on any atom is -0.504 e. The highest BCUT2D eigenvalue weighted by molar-refractivity contribution is 6.11. The van der Waals surface area contributed by atoms with E-state index in [0.29, 0.717) is 36.4 Å². The van der Waals surface area contributed by atoms with Crippen LogP contribution >= 0.6 is 0 Å². The first kappa shape index (κ1) is 89.6. The Kier molecular flexibility index (Phi) is 22.2. The maximum absolute atomic E-state index is 15.5. The van der Waals surface area contributed by atoms with Crippen LogP contribution in [-0.2, 0) is 56.8 Å². The molecule has 28 N–H and O–H groups in total. The predicted octanol–water partition coefficient (Wildman–Crippen LogP) is 4.13. The SMILES string of the molecule is O=C1OC2OC3COC(=O)c4cc(O)c(O)c(O)c4-c4c(cc(O)c(O)c4O)C(=O)OC3C(OC(=O)c3cc(O)c(O)c(O)c3)C2OC(=O)c2cc(c(O)c(O)c2O)Oc2c(O)cc(cc2O)C(=O)OC2OC3COC(=O)c4cc(O)c(O)c(O)c4-c4c(cc(O)c(O)c4O)C(=O)OC3C(OC(=O)c3cc(O)c(O)c(O)c3)C2OC(=O)c2cc(O)c(O)c(O)c2Oc2c(O)cc1cc2O. The molecule has 134 heavy (non-hydrogen) atoms. The molecule has 2 fully saturated rings. The lowest BCUT2D eigenvalue weighted by atomic mass is 9.92. The van der Waals surface area contributed by atoms with Gasteiger partial charge in [0.15, 0.2) is 151 Å². The van der Waals surface area contributed by atoms with E-state index in [4.69, 9.17) is 66.3 Å². The quantitative estimate of drug-likeness (QED) is 0.0669. The van der Waals surface area contributed by atoms with Crippen LogP contribution in [-0.4, -0.2) is 277 Å². The number of fused-ring (bicyclic) bond motifs is 8. The van der Waals surface area contributed by atoms with E-state index in [1.807, 2.05) is 0 Å². The third-order valence-electron chi connectivity index (χ3n) is 20.7. The number of ether oxygens (including phenoxy) is 14. The molecule has 0 spiro atoms. The van der Waals surface area contributed by atoms with E-state index in [9.17, 15) is 162 Å². The van der Waals surface area contributed by atoms with Crippen molar-refractivity contribution in [2.45, 2.75) is 61.4 Å². The van der Waals surface area contributed by atoms with Crippen molar-refractivity contribution in [3.63, 3.8) is 0 Å². The summed E-state index contributed by atoms with van der Waals surface area (Å²) in [4.78, 5) is 150. The number of esters is 10. The normalized spacial score (nSPS) is 20.1. The summed E-state index contributed by atoms with van der Waals surface area (Å²) in [5, 5.41) is 311. The lowest BCUT2D eigenvalue weighted by Crippen LogP contribution is -2.63. The highest BCUT2D eigenvalue weighted by Crippen LogP contribution is 2.59. The molecule has 2 saturated heterocycles. The number of phenolic OH excluding ortho intramolecular Hbond substituents is 28. The largest absolute Gasteiger partial charge is 0.504 e. The fourth-order valence-electron chi connectivity index (χ4n) is 14.2. The molecular formula is C82H56O52. The van der Waals surface area contributed by atoms with Gasteiger partial charge < -0.3 is 209 Å². The highest BCUT2D eigenvalue weighted by atomic mass is 16.8. The van der Waals surface area contributed by atoms with Gasteiger partial charge in [0.1, 0.15) is 36.5 Å². The Balaban J connectivity index is 0.906. The second-order valence-electron chi connectivity index (χ2n) is 28.9. The van der Waals surface area contributed by atoms with Crippen LogP contribution in [0.15, 0.2) is 84.9 Å². The number of carbonyl (C=O) groups excluding carboxylic acids is 10. The van der Waals surface area contributed by atoms with Crippen molar-refractivity contribution in [2.75, 3.05) is 13.2 Å². The molecule has 0 saturated carbocycles. The number of hydrogen-bond acceptors (Lipinski definition) is 52. The number of phenols is 28. The zero-order valence-electron chi connectivity index (χ0n) is 65.6. The first-order valence-corrected chi connectivity index (χ1v) is 37.1. The van der Waals surface area contributed by atoms with Gasteiger partial charge in [-0.1, -0.05) is 0 Å². The molecule has 8 heterocycles. The molecule has 18 rings (SSSR count). The topological polar surface area (TPSA) is 866 Å². The molecule has 8 aliphatic rings. The van der Waals surface area contributed by atoms with E-state index in [0.717, 1.165) is 0 Å². The fourth-order valence-corrected chi connectivity index (χ4v) is 14.2. The van der Waals surface area contributed by atoms with Gasteiger partial charge in [-0.15, -0.1) is 0 Å². The molecule has 0 amide bonds. The Hall–Kier alpha value is -19.2. The first-order chi connectivity index (χ1) is 63.1. The molecule has 52 nitrogen and oxygen atoms in total. The summed E-state index contributed by atoms with van der Waals surface area (Å²) in [5.74, 6) is -69.6. The zero-order chi connectivity index (χ0) is 97.3. The number of hydrogen-bond donors (Lipinski definition) is 28. The lowest BCUT2D eigenvalue weighted by molar-refractivity contribution is -0.282. The van der Waals surface area contributed by atoms with Crippen LogP contribution in [0.5, 0.6) is 184 Å². The van der Waals surface area contributed by atoms with Gasteiger partial charge in [-0.25, -0.2) is 47.9 Å². The van der Waals surface area contributed by atoms with Crippen LogP contribution in [0.3, 0.4) is 0 Å². The second kappa shape index (κ2) is 33.2. The summed E-state index contributed by atoms with van der Waals surface area (Å²) < 4.78 is 80.1. The molecule has 10 atom stereocenters. The van der Waals surface area contributed by atoms with E-state index in [1.165, 1.54) is 0 Å². The summed E-state index contributed by atoms with van der Waals surface area (Å²) in [7, 11) is 0. The van der Waals surface area contributed by atoms with Crippen molar-refractivity contribution in [1.29, 1.82) is 0 Å². The molecule has 10 aromatic carbocycles. The van der Waals surface area contributed by atoms with E-state index >= 15 is 28.8 Å². The highest BCUT2D eigenvalue weighted by Gasteiger charge is 2.58. The summed E-state index contributed by atoms with van der Waals surface area (Å²) in [6.07, 6.45) is -29.2. The minimum atomic E-state index is -3.11. The van der Waals surface area contributed by atoms with Crippen molar-refractivity contribution in [3.8, 4) is 206 Å². The van der Waals surface area contributed by atoms with Crippen molar-refractivity contribution >= 4 is 59.7 Å². The molecular weight excluding hydrogens is 1820 g/mol. The maximum Gasteiger partial charge on any atom is 0.342 e. The zero-order valence-corrected chi connectivity index (χ0v) is 65.6. The second-order valence-corrected chi connectivity index (χ2v) is 28.9. The molecule has 10 aromatic rings. The average Bonchev–Trinajstić information content (AvgIpc) is 1.30. The number of cyclic esters (lactones) is 2. The average molecular weight is 1870 g/mol. The van der Waals surface area contributed by atoms with Gasteiger partial charge in [-0.2, -0.15) is 0 Å². The molecule has 52 heteroatoms. The number of rotatable bonds is 4. The first-order valence-electron chi connectivity index (χ1n) is 37.1. The van der Waals surface area contributed by atoms with Gasteiger partial charge in [-0.3, -0.25) is 0 Å². The van der Waals surface area contributed by atoms with Crippen LogP contribution < -0.4 is 9.47 Å². The Labute approximate surface area is 735 Å². The lowest BCUT2D eigenvalue weighted by Gasteiger charge is -2.43. The van der Waals surface area contributed by atoms with Gasteiger partial charge in [0.2, 0.25) is 82.3 Å². The van der Waals surface area contributed by atoms with Crippen molar-refractivity contribution in [2.24, 2.45) is 0 Å². The van der Waals surface area contributed by atoms with E-state index < -0.39 is 396 Å². The summed E-state index contributed by atoms with van der Waals surface area (Å²) >= 11 is 0. The molecule has 0 aromatic heterocycles. The van der Waals surface area contributed by atoms with Gasteiger partial charge >= 0.3 is 59.7 Å².